The maximum absolute atomic E-state index is 12.2. The molecule has 17 nitrogen and oxygen atoms in total. The molecule has 0 aliphatic heterocycles. The number of aliphatic carboxylic acids is 1. The van der Waals surface area contributed by atoms with Gasteiger partial charge in [-0.1, -0.05) is 36.1 Å². The van der Waals surface area contributed by atoms with E-state index < -0.39 is 36.1 Å². The Morgan fingerprint density at radius 2 is 1.07 bits per heavy atom. The number of terminal acetylenes is 2. The number of ether oxygens (including phenoxy) is 6. The normalized spacial score (nSPS) is 9.70. The summed E-state index contributed by atoms with van der Waals surface area (Å²) in [7, 11) is 5.92. The molecule has 0 aliphatic rings. The summed E-state index contributed by atoms with van der Waals surface area (Å²) >= 11 is 0. The van der Waals surface area contributed by atoms with Crippen LogP contribution in [0, 0.1) is 24.7 Å². The molecule has 2 amide bonds. The number of aromatic carboxylic acids is 2. The van der Waals surface area contributed by atoms with Gasteiger partial charge < -0.3 is 54.4 Å². The van der Waals surface area contributed by atoms with E-state index >= 15 is 0 Å². The van der Waals surface area contributed by atoms with Gasteiger partial charge in [-0.3, -0.25) is 19.2 Å². The average molecular weight is 825 g/mol. The van der Waals surface area contributed by atoms with E-state index in [1.807, 2.05) is 0 Å². The van der Waals surface area contributed by atoms with E-state index in [9.17, 15) is 33.9 Å². The first-order valence-electron chi connectivity index (χ1n) is 17.0. The Morgan fingerprint density at radius 1 is 0.617 bits per heavy atom. The minimum absolute atomic E-state index is 0.00253. The van der Waals surface area contributed by atoms with Crippen LogP contribution in [0.2, 0.25) is 0 Å². The lowest BCUT2D eigenvalue weighted by Crippen LogP contribution is -2.17. The van der Waals surface area contributed by atoms with Gasteiger partial charge in [0.1, 0.15) is 19.6 Å². The van der Waals surface area contributed by atoms with Gasteiger partial charge in [-0.15, -0.1) is 12.8 Å². The number of methoxy groups -OCH3 is 4. The van der Waals surface area contributed by atoms with Gasteiger partial charge in [-0.2, -0.15) is 0 Å². The zero-order valence-corrected chi connectivity index (χ0v) is 32.7. The molecule has 4 rings (SSSR count). The lowest BCUT2D eigenvalue weighted by atomic mass is 10.1. The topological polar surface area (TPSA) is 243 Å². The van der Waals surface area contributed by atoms with Gasteiger partial charge in [0.25, 0.3) is 0 Å². The third-order valence-electron chi connectivity index (χ3n) is 7.36. The molecule has 5 N–H and O–H groups in total. The third kappa shape index (κ3) is 14.3. The average Bonchev–Trinajstić information content (AvgIpc) is 3.23. The third-order valence-corrected chi connectivity index (χ3v) is 7.36. The second kappa shape index (κ2) is 24.9. The van der Waals surface area contributed by atoms with Crippen LogP contribution >= 0.6 is 0 Å². The minimum atomic E-state index is -1.27. The minimum Gasteiger partial charge on any atom is -0.493 e. The highest BCUT2D eigenvalue weighted by atomic mass is 16.5. The lowest BCUT2D eigenvalue weighted by molar-refractivity contribution is -0.139. The van der Waals surface area contributed by atoms with Crippen LogP contribution in [0.4, 0.5) is 11.4 Å². The van der Waals surface area contributed by atoms with E-state index in [-0.39, 0.29) is 35.7 Å². The number of rotatable bonds is 17. The summed E-state index contributed by atoms with van der Waals surface area (Å²) < 4.78 is 31.6. The first-order chi connectivity index (χ1) is 28.8. The number of carbonyl (C=O) groups is 6. The van der Waals surface area contributed by atoms with Crippen molar-refractivity contribution in [1.82, 2.24) is 0 Å². The number of carboxylic acid groups (broad SMARTS) is 3. The van der Waals surface area contributed by atoms with Crippen LogP contribution in [0.3, 0.4) is 0 Å². The molecule has 0 fully saturated rings. The van der Waals surface area contributed by atoms with Crippen molar-refractivity contribution in [2.45, 2.75) is 6.42 Å². The fourth-order valence-corrected chi connectivity index (χ4v) is 4.81. The Kier molecular flexibility index (Phi) is 19.8. The highest BCUT2D eigenvalue weighted by Crippen LogP contribution is 2.41. The van der Waals surface area contributed by atoms with Gasteiger partial charge in [0, 0.05) is 11.6 Å². The monoisotopic (exact) mass is 824 g/mol. The lowest BCUT2D eigenvalue weighted by Gasteiger charge is -2.15. The van der Waals surface area contributed by atoms with Crippen LogP contribution in [0.25, 0.3) is 6.08 Å². The van der Waals surface area contributed by atoms with Crippen molar-refractivity contribution in [2.24, 2.45) is 0 Å². The van der Waals surface area contributed by atoms with E-state index in [0.29, 0.717) is 51.9 Å². The standard InChI is InChI=1S/C21H19NO6.C12H12O4.C10H9NO5/c1-4-13-28-19-14(9-11-17(26-2)20(19)27-3)10-12-18(23)22-16-8-6-5-7-15(16)21(24)25;1-4-7-16-11-9(8-13)5-6-10(14-2)12(11)15-3;12-8(5-9(13)14)11-7-4-2-1-3-6(7)10(15)16/h1,5-12H,13H2,2-3H3,(H,22,23)(H,24,25);1,5-6,8H,7H2,2-3H3;1-4H,5H2,(H,11,12)(H,13,14)(H,15,16)/b12-10+;;. The molecule has 0 atom stereocenters. The Bertz CT molecular complexity index is 2290. The number of anilines is 2. The molecule has 4 aromatic carbocycles. The summed E-state index contributed by atoms with van der Waals surface area (Å²) in [5.74, 6) is 2.10. The largest absolute Gasteiger partial charge is 0.493 e. The van der Waals surface area contributed by atoms with E-state index in [0.717, 1.165) is 0 Å². The molecule has 0 aromatic heterocycles. The maximum Gasteiger partial charge on any atom is 0.337 e. The molecule has 0 radical (unpaired) electrons. The zero-order valence-electron chi connectivity index (χ0n) is 32.7. The maximum atomic E-state index is 12.2. The molecule has 0 heterocycles. The zero-order chi connectivity index (χ0) is 44.6. The van der Waals surface area contributed by atoms with E-state index in [4.69, 9.17) is 51.5 Å². The van der Waals surface area contributed by atoms with Gasteiger partial charge in [0.2, 0.25) is 23.3 Å². The Labute approximate surface area is 344 Å². The number of hydrogen-bond donors (Lipinski definition) is 5. The van der Waals surface area contributed by atoms with Gasteiger partial charge in [0.05, 0.1) is 56.5 Å². The smallest absolute Gasteiger partial charge is 0.337 e. The molecular weight excluding hydrogens is 784 g/mol. The number of carboxylic acids is 3. The number of hydrogen-bond acceptors (Lipinski definition) is 12. The fourth-order valence-electron chi connectivity index (χ4n) is 4.81. The molecule has 312 valence electrons. The summed E-state index contributed by atoms with van der Waals surface area (Å²) in [6, 6.07) is 18.4. The van der Waals surface area contributed by atoms with E-state index in [1.165, 1.54) is 70.9 Å². The predicted octanol–water partition coefficient (Wildman–Crippen LogP) is 5.39. The number of para-hydroxylation sites is 2. The molecule has 0 saturated heterocycles. The Morgan fingerprint density at radius 3 is 1.48 bits per heavy atom. The van der Waals surface area contributed by atoms with Crippen molar-refractivity contribution in [3.05, 3.63) is 101 Å². The second-order valence-electron chi connectivity index (χ2n) is 11.2. The summed E-state index contributed by atoms with van der Waals surface area (Å²) in [6.07, 6.45) is 13.1. The highest BCUT2D eigenvalue weighted by molar-refractivity contribution is 6.06. The molecule has 60 heavy (non-hydrogen) atoms. The van der Waals surface area contributed by atoms with Crippen molar-refractivity contribution in [2.75, 3.05) is 52.3 Å². The van der Waals surface area contributed by atoms with Crippen LogP contribution in [0.15, 0.2) is 78.9 Å². The quantitative estimate of drug-likeness (QED) is 0.0388. The summed E-state index contributed by atoms with van der Waals surface area (Å²) in [5.41, 5.74) is 1.10. The van der Waals surface area contributed by atoms with Crippen LogP contribution in [0.1, 0.15) is 43.1 Å². The molecule has 0 saturated carbocycles. The van der Waals surface area contributed by atoms with Crippen molar-refractivity contribution >= 4 is 53.5 Å². The number of benzene rings is 4. The molecule has 17 heteroatoms. The van der Waals surface area contributed by atoms with Gasteiger partial charge in [-0.05, 0) is 54.6 Å². The molecule has 0 spiro atoms. The summed E-state index contributed by atoms with van der Waals surface area (Å²) in [4.78, 5) is 66.4. The van der Waals surface area contributed by atoms with E-state index in [2.05, 4.69) is 22.5 Å². The Hall–Kier alpha value is -8.44. The van der Waals surface area contributed by atoms with Crippen LogP contribution in [-0.4, -0.2) is 93.0 Å². The fraction of sp³-hybridized carbons (Fsp3) is 0.163. The highest BCUT2D eigenvalue weighted by Gasteiger charge is 2.18. The molecule has 0 unspecified atom stereocenters. The number of nitrogens with one attached hydrogen (secondary N) is 2. The number of amides is 2. The van der Waals surface area contributed by atoms with Crippen molar-refractivity contribution in [1.29, 1.82) is 0 Å². The predicted molar refractivity (Wildman–Crippen MR) is 218 cm³/mol. The van der Waals surface area contributed by atoms with E-state index in [1.54, 1.807) is 42.5 Å². The van der Waals surface area contributed by atoms with Crippen molar-refractivity contribution < 1.29 is 72.5 Å². The molecule has 0 bridgehead atoms. The first kappa shape index (κ1) is 47.7. The van der Waals surface area contributed by atoms with Crippen molar-refractivity contribution in [3.63, 3.8) is 0 Å². The molecule has 4 aromatic rings. The molecular formula is C43H40N2O15. The molecule has 0 aliphatic carbocycles. The summed E-state index contributed by atoms with van der Waals surface area (Å²) in [5, 5.41) is 31.1. The summed E-state index contributed by atoms with van der Waals surface area (Å²) in [6.45, 7) is 0.0624. The number of aldehydes is 1. The van der Waals surface area contributed by atoms with Crippen LogP contribution in [-0.2, 0) is 14.4 Å². The SMILES string of the molecule is C#CCOc1c(/C=C/C(=O)Nc2ccccc2C(=O)O)ccc(OC)c1OC.C#CCOc1c(C=O)ccc(OC)c1OC.O=C(O)CC(=O)Nc1ccccc1C(=O)O. The van der Waals surface area contributed by atoms with Crippen LogP contribution in [0.5, 0.6) is 34.5 Å². The Balaban J connectivity index is 0.000000332. The first-order valence-corrected chi connectivity index (χ1v) is 17.0. The second-order valence-corrected chi connectivity index (χ2v) is 11.2. The van der Waals surface area contributed by atoms with Gasteiger partial charge >= 0.3 is 17.9 Å². The van der Waals surface area contributed by atoms with Crippen molar-refractivity contribution in [3.8, 4) is 59.2 Å². The van der Waals surface area contributed by atoms with Crippen LogP contribution < -0.4 is 39.1 Å². The number of carbonyl (C=O) groups excluding carboxylic acids is 3. The van der Waals surface area contributed by atoms with Gasteiger partial charge in [-0.25, -0.2) is 9.59 Å². The van der Waals surface area contributed by atoms with Gasteiger partial charge in [0.15, 0.2) is 29.3 Å².